The van der Waals surface area contributed by atoms with Crippen LogP contribution in [0.3, 0.4) is 0 Å². The molecule has 1 heterocycles. The van der Waals surface area contributed by atoms with Crippen LogP contribution in [0.4, 0.5) is 5.88 Å². The van der Waals surface area contributed by atoms with Gasteiger partial charge in [0.25, 0.3) is 5.91 Å². The number of rotatable bonds is 7. The fourth-order valence-electron chi connectivity index (χ4n) is 2.38. The molecule has 0 fully saturated rings. The van der Waals surface area contributed by atoms with Gasteiger partial charge in [-0.3, -0.25) is 19.7 Å². The summed E-state index contributed by atoms with van der Waals surface area (Å²) in [5.41, 5.74) is 6.38. The number of Topliss-reactive ketones (excluding diaryl/α,β-unsaturated/α-hetero) is 1. The first-order valence-corrected chi connectivity index (χ1v) is 7.73. The molecule has 25 heavy (non-hydrogen) atoms. The molecule has 0 aliphatic heterocycles. The van der Waals surface area contributed by atoms with Gasteiger partial charge in [0.2, 0.25) is 11.8 Å². The van der Waals surface area contributed by atoms with Crippen molar-refractivity contribution < 1.29 is 23.5 Å². The van der Waals surface area contributed by atoms with E-state index in [1.165, 1.54) is 13.8 Å². The molecule has 0 unspecified atom stereocenters. The Bertz CT molecular complexity index is 806. The fraction of sp³-hybridized carbons (Fsp3) is 0.278. The monoisotopic (exact) mass is 344 g/mol. The van der Waals surface area contributed by atoms with Crippen molar-refractivity contribution in [2.24, 2.45) is 5.73 Å². The van der Waals surface area contributed by atoms with E-state index in [0.717, 1.165) is 5.56 Å². The molecule has 0 saturated heterocycles. The number of benzene rings is 1. The maximum Gasteiger partial charge on any atom is 0.255 e. The second-order valence-corrected chi connectivity index (χ2v) is 5.62. The summed E-state index contributed by atoms with van der Waals surface area (Å²) >= 11 is 0. The van der Waals surface area contributed by atoms with Crippen molar-refractivity contribution in [2.75, 3.05) is 11.9 Å². The van der Waals surface area contributed by atoms with Crippen molar-refractivity contribution >= 4 is 23.5 Å². The van der Waals surface area contributed by atoms with Crippen LogP contribution in [0.25, 0.3) is 0 Å². The third kappa shape index (κ3) is 4.47. The van der Waals surface area contributed by atoms with E-state index in [-0.39, 0.29) is 41.6 Å². The lowest BCUT2D eigenvalue weighted by atomic mass is 10.1. The molecular formula is C18H20N2O5. The average Bonchev–Trinajstić information content (AvgIpc) is 2.85. The van der Waals surface area contributed by atoms with Crippen molar-refractivity contribution in [1.82, 2.24) is 0 Å². The summed E-state index contributed by atoms with van der Waals surface area (Å²) in [5, 5.41) is 2.46. The number of nitrogens with two attached hydrogens (primary N) is 1. The van der Waals surface area contributed by atoms with Gasteiger partial charge in [-0.1, -0.05) is 17.7 Å². The highest BCUT2D eigenvalue weighted by Crippen LogP contribution is 2.27. The van der Waals surface area contributed by atoms with Crippen LogP contribution in [0.5, 0.6) is 5.75 Å². The third-order valence-electron chi connectivity index (χ3n) is 3.55. The van der Waals surface area contributed by atoms with Gasteiger partial charge in [0, 0.05) is 0 Å². The maximum atomic E-state index is 12.0. The van der Waals surface area contributed by atoms with Crippen molar-refractivity contribution in [3.63, 3.8) is 0 Å². The average molecular weight is 344 g/mol. The molecule has 0 spiro atoms. The summed E-state index contributed by atoms with van der Waals surface area (Å²) in [6, 6.07) is 7.44. The molecule has 1 aromatic heterocycles. The van der Waals surface area contributed by atoms with Crippen LogP contribution in [-0.2, 0) is 4.79 Å². The van der Waals surface area contributed by atoms with Crippen molar-refractivity contribution in [3.8, 4) is 5.75 Å². The molecule has 3 N–H and O–H groups in total. The molecule has 2 amide bonds. The van der Waals surface area contributed by atoms with Crippen molar-refractivity contribution in [3.05, 3.63) is 46.7 Å². The third-order valence-corrected chi connectivity index (χ3v) is 3.55. The molecule has 0 radical (unpaired) electrons. The van der Waals surface area contributed by atoms with E-state index in [1.54, 1.807) is 0 Å². The predicted octanol–water partition coefficient (Wildman–Crippen LogP) is 2.61. The van der Waals surface area contributed by atoms with Gasteiger partial charge >= 0.3 is 0 Å². The highest BCUT2D eigenvalue weighted by atomic mass is 16.5. The first-order chi connectivity index (χ1) is 11.8. The number of primary amides is 1. The smallest absolute Gasteiger partial charge is 0.255 e. The van der Waals surface area contributed by atoms with E-state index in [4.69, 9.17) is 14.9 Å². The van der Waals surface area contributed by atoms with Crippen LogP contribution in [0.2, 0.25) is 0 Å². The number of aryl methyl sites for hydroxylation is 2. The van der Waals surface area contributed by atoms with Crippen LogP contribution < -0.4 is 15.8 Å². The van der Waals surface area contributed by atoms with E-state index in [0.29, 0.717) is 5.75 Å². The molecule has 1 aromatic carbocycles. The standard InChI is InChI=1S/C18H20N2O5/c1-10-4-6-13(7-5-10)24-9-8-14(22)20-18-16(17(19)23)15(11(2)21)12(3)25-18/h4-7H,8-9H2,1-3H3,(H2,19,23)(H,20,22). The van der Waals surface area contributed by atoms with Gasteiger partial charge in [-0.2, -0.15) is 0 Å². The summed E-state index contributed by atoms with van der Waals surface area (Å²) in [6.07, 6.45) is 0.0429. The Labute approximate surface area is 145 Å². The van der Waals surface area contributed by atoms with E-state index in [1.807, 2.05) is 31.2 Å². The van der Waals surface area contributed by atoms with Crippen LogP contribution in [0.1, 0.15) is 45.4 Å². The number of ether oxygens (including phenoxy) is 1. The maximum absolute atomic E-state index is 12.0. The molecular weight excluding hydrogens is 324 g/mol. The number of ketones is 1. The fourth-order valence-corrected chi connectivity index (χ4v) is 2.38. The highest BCUT2D eigenvalue weighted by Gasteiger charge is 2.26. The Morgan fingerprint density at radius 2 is 1.76 bits per heavy atom. The second-order valence-electron chi connectivity index (χ2n) is 5.62. The molecule has 0 bridgehead atoms. The quantitative estimate of drug-likeness (QED) is 0.750. The van der Waals surface area contributed by atoms with Crippen molar-refractivity contribution in [1.29, 1.82) is 0 Å². The molecule has 7 nitrogen and oxygen atoms in total. The zero-order valence-electron chi connectivity index (χ0n) is 14.3. The minimum Gasteiger partial charge on any atom is -0.493 e. The Kier molecular flexibility index (Phi) is 5.59. The lowest BCUT2D eigenvalue weighted by molar-refractivity contribution is -0.116. The van der Waals surface area contributed by atoms with E-state index in [9.17, 15) is 14.4 Å². The van der Waals surface area contributed by atoms with Gasteiger partial charge in [0.05, 0.1) is 18.6 Å². The zero-order chi connectivity index (χ0) is 18.6. The molecule has 7 heteroatoms. The summed E-state index contributed by atoms with van der Waals surface area (Å²) < 4.78 is 10.8. The summed E-state index contributed by atoms with van der Waals surface area (Å²) in [6.45, 7) is 4.94. The minimum absolute atomic E-state index is 0.0429. The first kappa shape index (κ1) is 18.3. The number of carbonyl (C=O) groups is 3. The summed E-state index contributed by atoms with van der Waals surface area (Å²) in [7, 11) is 0. The van der Waals surface area contributed by atoms with Crippen LogP contribution >= 0.6 is 0 Å². The van der Waals surface area contributed by atoms with Crippen LogP contribution in [0.15, 0.2) is 28.7 Å². The molecule has 0 saturated carbocycles. The van der Waals surface area contributed by atoms with Crippen LogP contribution in [-0.4, -0.2) is 24.2 Å². The van der Waals surface area contributed by atoms with Crippen LogP contribution in [0, 0.1) is 13.8 Å². The van der Waals surface area contributed by atoms with Crippen molar-refractivity contribution in [2.45, 2.75) is 27.2 Å². The van der Waals surface area contributed by atoms with Gasteiger partial charge in [-0.15, -0.1) is 0 Å². The van der Waals surface area contributed by atoms with Gasteiger partial charge in [0.15, 0.2) is 5.78 Å². The number of hydrogen-bond acceptors (Lipinski definition) is 5. The van der Waals surface area contributed by atoms with E-state index in [2.05, 4.69) is 5.32 Å². The zero-order valence-corrected chi connectivity index (χ0v) is 14.3. The normalized spacial score (nSPS) is 10.4. The Hall–Kier alpha value is -3.09. The first-order valence-electron chi connectivity index (χ1n) is 7.73. The molecule has 0 atom stereocenters. The second kappa shape index (κ2) is 7.65. The molecule has 132 valence electrons. The number of carbonyl (C=O) groups excluding carboxylic acids is 3. The Morgan fingerprint density at radius 1 is 1.12 bits per heavy atom. The minimum atomic E-state index is -0.840. The number of hydrogen-bond donors (Lipinski definition) is 2. The largest absolute Gasteiger partial charge is 0.493 e. The van der Waals surface area contributed by atoms with Gasteiger partial charge < -0.3 is 14.9 Å². The Balaban J connectivity index is 2.00. The number of amides is 2. The molecule has 0 aliphatic carbocycles. The highest BCUT2D eigenvalue weighted by molar-refractivity contribution is 6.11. The number of nitrogens with one attached hydrogen (secondary N) is 1. The molecule has 0 aliphatic rings. The Morgan fingerprint density at radius 3 is 2.32 bits per heavy atom. The lowest BCUT2D eigenvalue weighted by Crippen LogP contribution is -2.20. The van der Waals surface area contributed by atoms with Gasteiger partial charge in [-0.25, -0.2) is 0 Å². The molecule has 2 rings (SSSR count). The SMILES string of the molecule is CC(=O)c1c(C)oc(NC(=O)CCOc2ccc(C)cc2)c1C(N)=O. The summed E-state index contributed by atoms with van der Waals surface area (Å²) in [5.74, 6) is -0.850. The number of furan rings is 1. The molecule has 2 aromatic rings. The number of anilines is 1. The lowest BCUT2D eigenvalue weighted by Gasteiger charge is -2.07. The van der Waals surface area contributed by atoms with E-state index >= 15 is 0 Å². The van der Waals surface area contributed by atoms with Gasteiger partial charge in [0.1, 0.15) is 17.1 Å². The predicted molar refractivity (Wildman–Crippen MR) is 91.9 cm³/mol. The topological polar surface area (TPSA) is 112 Å². The van der Waals surface area contributed by atoms with Gasteiger partial charge in [-0.05, 0) is 32.9 Å². The van der Waals surface area contributed by atoms with E-state index < -0.39 is 11.8 Å². The summed E-state index contributed by atoms with van der Waals surface area (Å²) in [4.78, 5) is 35.3.